The van der Waals surface area contributed by atoms with Gasteiger partial charge in [0.15, 0.2) is 0 Å². The summed E-state index contributed by atoms with van der Waals surface area (Å²) in [7, 11) is 0. The summed E-state index contributed by atoms with van der Waals surface area (Å²) < 4.78 is 0. The highest BCUT2D eigenvalue weighted by Crippen LogP contribution is 2.12. The average molecular weight is 487 g/mol. The number of amides is 3. The Kier molecular flexibility index (Phi) is 12.2. The van der Waals surface area contributed by atoms with Gasteiger partial charge >= 0.3 is 5.97 Å². The number of carboxylic acid groups (broad SMARTS) is 1. The van der Waals surface area contributed by atoms with Crippen LogP contribution >= 0.6 is 11.8 Å². The lowest BCUT2D eigenvalue weighted by atomic mass is 10.0. The first kappa shape index (κ1) is 28.2. The third-order valence-corrected chi connectivity index (χ3v) is 5.23. The third kappa shape index (κ3) is 9.65. The summed E-state index contributed by atoms with van der Waals surface area (Å²) in [6, 6.07) is 0.695. The van der Waals surface area contributed by atoms with E-state index in [0.717, 1.165) is 0 Å². The topological polar surface area (TPSA) is 211 Å². The van der Waals surface area contributed by atoms with Crippen LogP contribution < -0.4 is 21.7 Å². The Hall–Kier alpha value is -2.87. The SMILES string of the molecule is CSCCC(NC(=O)C(N)CO)C(=O)NC(Cc1ccc(O)cc1)C(=O)NC(CO)C(=O)O. The molecule has 0 aliphatic heterocycles. The highest BCUT2D eigenvalue weighted by molar-refractivity contribution is 7.98. The van der Waals surface area contributed by atoms with E-state index >= 15 is 0 Å². The van der Waals surface area contributed by atoms with Crippen LogP contribution in [0.3, 0.4) is 0 Å². The number of aromatic hydroxyl groups is 1. The number of phenols is 1. The van der Waals surface area contributed by atoms with Crippen LogP contribution in [0.5, 0.6) is 5.75 Å². The number of carboxylic acids is 1. The van der Waals surface area contributed by atoms with Gasteiger partial charge in [0.25, 0.3) is 0 Å². The molecule has 12 nitrogen and oxygen atoms in total. The van der Waals surface area contributed by atoms with E-state index in [0.29, 0.717) is 11.3 Å². The molecule has 184 valence electrons. The largest absolute Gasteiger partial charge is 0.508 e. The molecule has 0 radical (unpaired) electrons. The number of nitrogens with two attached hydrogens (primary N) is 1. The molecular weight excluding hydrogens is 456 g/mol. The predicted octanol–water partition coefficient (Wildman–Crippen LogP) is -2.46. The first-order chi connectivity index (χ1) is 15.6. The van der Waals surface area contributed by atoms with Crippen LogP contribution in [0.1, 0.15) is 12.0 Å². The molecule has 0 saturated heterocycles. The number of hydrogen-bond donors (Lipinski definition) is 8. The lowest BCUT2D eigenvalue weighted by Crippen LogP contribution is -2.58. The number of carbonyl (C=O) groups excluding carboxylic acids is 3. The van der Waals surface area contributed by atoms with Gasteiger partial charge in [0.05, 0.1) is 13.2 Å². The number of aliphatic carboxylic acids is 1. The van der Waals surface area contributed by atoms with Gasteiger partial charge in [0, 0.05) is 6.42 Å². The maximum atomic E-state index is 12.9. The highest BCUT2D eigenvalue weighted by atomic mass is 32.2. The molecule has 0 spiro atoms. The van der Waals surface area contributed by atoms with Crippen LogP contribution in [0.15, 0.2) is 24.3 Å². The van der Waals surface area contributed by atoms with Crippen molar-refractivity contribution in [3.8, 4) is 5.75 Å². The zero-order chi connectivity index (χ0) is 25.0. The van der Waals surface area contributed by atoms with E-state index in [-0.39, 0.29) is 18.6 Å². The molecule has 0 aliphatic carbocycles. The van der Waals surface area contributed by atoms with Crippen molar-refractivity contribution in [1.82, 2.24) is 16.0 Å². The second-order valence-electron chi connectivity index (χ2n) is 7.15. The summed E-state index contributed by atoms with van der Waals surface area (Å²) in [5, 5.41) is 43.9. The number of aliphatic hydroxyl groups is 2. The van der Waals surface area contributed by atoms with Crippen LogP contribution in [0.25, 0.3) is 0 Å². The third-order valence-electron chi connectivity index (χ3n) is 4.58. The Morgan fingerprint density at radius 1 is 0.909 bits per heavy atom. The molecule has 0 heterocycles. The summed E-state index contributed by atoms with van der Waals surface area (Å²) in [6.45, 7) is -1.47. The van der Waals surface area contributed by atoms with Gasteiger partial charge in [-0.1, -0.05) is 12.1 Å². The van der Waals surface area contributed by atoms with Gasteiger partial charge in [-0.05, 0) is 36.1 Å². The standard InChI is InChI=1S/C20H30N4O8S/c1-33-7-6-14(22-17(28)13(21)9-25)18(29)23-15(8-11-2-4-12(27)5-3-11)19(30)24-16(10-26)20(31)32/h2-5,13-16,25-27H,6-10,21H2,1H3,(H,22,28)(H,23,29)(H,24,30)(H,31,32). The van der Waals surface area contributed by atoms with Gasteiger partial charge in [0.1, 0.15) is 29.9 Å². The van der Waals surface area contributed by atoms with Crippen molar-refractivity contribution in [2.24, 2.45) is 5.73 Å². The fourth-order valence-electron chi connectivity index (χ4n) is 2.67. The predicted molar refractivity (Wildman–Crippen MR) is 120 cm³/mol. The van der Waals surface area contributed by atoms with Crippen LogP contribution in [0.2, 0.25) is 0 Å². The summed E-state index contributed by atoms with van der Waals surface area (Å²) in [4.78, 5) is 48.9. The molecule has 0 aliphatic rings. The van der Waals surface area contributed by atoms with E-state index in [1.54, 1.807) is 6.26 Å². The Morgan fingerprint density at radius 3 is 1.97 bits per heavy atom. The minimum absolute atomic E-state index is 0.00456. The van der Waals surface area contributed by atoms with Crippen molar-refractivity contribution in [1.29, 1.82) is 0 Å². The number of rotatable bonds is 14. The number of benzene rings is 1. The van der Waals surface area contributed by atoms with E-state index in [1.807, 2.05) is 0 Å². The second-order valence-corrected chi connectivity index (χ2v) is 8.13. The molecule has 1 aromatic carbocycles. The molecule has 0 fully saturated rings. The van der Waals surface area contributed by atoms with E-state index in [1.165, 1.54) is 36.0 Å². The molecule has 1 aromatic rings. The lowest BCUT2D eigenvalue weighted by molar-refractivity contribution is -0.143. The minimum Gasteiger partial charge on any atom is -0.508 e. The van der Waals surface area contributed by atoms with E-state index in [2.05, 4.69) is 16.0 Å². The van der Waals surface area contributed by atoms with Gasteiger partial charge < -0.3 is 42.1 Å². The second kappa shape index (κ2) is 14.3. The summed E-state index contributed by atoms with van der Waals surface area (Å²) >= 11 is 1.42. The van der Waals surface area contributed by atoms with Gasteiger partial charge in [-0.2, -0.15) is 11.8 Å². The molecule has 0 aromatic heterocycles. The molecule has 9 N–H and O–H groups in total. The average Bonchev–Trinajstić information content (AvgIpc) is 2.79. The Bertz CT molecular complexity index is 808. The van der Waals surface area contributed by atoms with Crippen LogP contribution in [0.4, 0.5) is 0 Å². The summed E-state index contributed by atoms with van der Waals surface area (Å²) in [5.74, 6) is -3.28. The first-order valence-corrected chi connectivity index (χ1v) is 11.4. The van der Waals surface area contributed by atoms with Gasteiger partial charge in [-0.25, -0.2) is 4.79 Å². The van der Waals surface area contributed by atoms with Gasteiger partial charge in [-0.15, -0.1) is 0 Å². The molecule has 1 rings (SSSR count). The quantitative estimate of drug-likeness (QED) is 0.139. The summed E-state index contributed by atoms with van der Waals surface area (Å²) in [5.41, 5.74) is 6.05. The molecule has 33 heavy (non-hydrogen) atoms. The molecule has 0 saturated carbocycles. The van der Waals surface area contributed by atoms with Gasteiger partial charge in [0.2, 0.25) is 17.7 Å². The van der Waals surface area contributed by atoms with Crippen molar-refractivity contribution < 1.29 is 39.6 Å². The van der Waals surface area contributed by atoms with E-state index in [9.17, 15) is 29.4 Å². The number of thioether (sulfide) groups is 1. The maximum Gasteiger partial charge on any atom is 0.328 e. The Morgan fingerprint density at radius 2 is 1.45 bits per heavy atom. The Balaban J connectivity index is 3.08. The molecule has 0 bridgehead atoms. The van der Waals surface area contributed by atoms with Crippen molar-refractivity contribution in [3.05, 3.63) is 29.8 Å². The normalized spacial score (nSPS) is 14.4. The van der Waals surface area contributed by atoms with E-state index in [4.69, 9.17) is 15.9 Å². The van der Waals surface area contributed by atoms with Crippen molar-refractivity contribution in [2.75, 3.05) is 25.2 Å². The van der Waals surface area contributed by atoms with E-state index < -0.39 is 61.1 Å². The van der Waals surface area contributed by atoms with Crippen molar-refractivity contribution >= 4 is 35.5 Å². The fourth-order valence-corrected chi connectivity index (χ4v) is 3.14. The summed E-state index contributed by atoms with van der Waals surface area (Å²) in [6.07, 6.45) is 1.95. The van der Waals surface area contributed by atoms with Crippen LogP contribution in [-0.4, -0.2) is 93.5 Å². The first-order valence-electron chi connectivity index (χ1n) is 10.0. The monoisotopic (exact) mass is 486 g/mol. The fraction of sp³-hybridized carbons (Fsp3) is 0.500. The van der Waals surface area contributed by atoms with Crippen LogP contribution in [-0.2, 0) is 25.6 Å². The molecule has 3 amide bonds. The molecular formula is C20H30N4O8S. The zero-order valence-electron chi connectivity index (χ0n) is 18.1. The smallest absolute Gasteiger partial charge is 0.328 e. The van der Waals surface area contributed by atoms with Crippen LogP contribution in [0, 0.1) is 0 Å². The number of phenolic OH excluding ortho intramolecular Hbond substituents is 1. The molecule has 13 heteroatoms. The van der Waals surface area contributed by atoms with Crippen molar-refractivity contribution in [2.45, 2.75) is 37.0 Å². The van der Waals surface area contributed by atoms with Gasteiger partial charge in [-0.3, -0.25) is 14.4 Å². The van der Waals surface area contributed by atoms with Crippen molar-refractivity contribution in [3.63, 3.8) is 0 Å². The number of hydrogen-bond acceptors (Lipinski definition) is 9. The number of nitrogens with one attached hydrogen (secondary N) is 3. The number of carbonyl (C=O) groups is 4. The molecule has 4 unspecified atom stereocenters. The molecule has 4 atom stereocenters. The lowest BCUT2D eigenvalue weighted by Gasteiger charge is -2.25. The maximum absolute atomic E-state index is 12.9. The highest BCUT2D eigenvalue weighted by Gasteiger charge is 2.30. The number of aliphatic hydroxyl groups excluding tert-OH is 2. The zero-order valence-corrected chi connectivity index (χ0v) is 18.9. The minimum atomic E-state index is -1.58. The Labute approximate surface area is 194 Å².